The Morgan fingerprint density at radius 2 is 1.94 bits per heavy atom. The molecule has 0 bridgehead atoms. The maximum atomic E-state index is 13.2. The lowest BCUT2D eigenvalue weighted by Crippen LogP contribution is -2.18. The van der Waals surface area contributed by atoms with Gasteiger partial charge in [-0.2, -0.15) is 5.10 Å². The van der Waals surface area contributed by atoms with E-state index in [1.165, 1.54) is 12.1 Å². The van der Waals surface area contributed by atoms with Crippen molar-refractivity contribution in [2.24, 2.45) is 5.73 Å². The lowest BCUT2D eigenvalue weighted by atomic mass is 10.0. The Balaban J connectivity index is 2.47. The van der Waals surface area contributed by atoms with Crippen LogP contribution in [0.15, 0.2) is 28.9 Å². The van der Waals surface area contributed by atoms with E-state index in [4.69, 9.17) is 5.73 Å². The summed E-state index contributed by atoms with van der Waals surface area (Å²) in [4.78, 5) is 0. The number of aromatic nitrogens is 2. The number of benzene rings is 1. The Bertz CT molecular complexity index is 548. The molecule has 0 aliphatic carbocycles. The maximum Gasteiger partial charge on any atom is 0.126 e. The second kappa shape index (κ2) is 5.16. The lowest BCUT2D eigenvalue weighted by Gasteiger charge is -2.15. The number of aryl methyl sites for hydroxylation is 1. The van der Waals surface area contributed by atoms with Crippen LogP contribution in [0.5, 0.6) is 0 Å². The van der Waals surface area contributed by atoms with E-state index in [-0.39, 0.29) is 0 Å². The molecule has 0 fully saturated rings. The maximum absolute atomic E-state index is 13.2. The van der Waals surface area contributed by atoms with Gasteiger partial charge >= 0.3 is 0 Å². The summed E-state index contributed by atoms with van der Waals surface area (Å²) in [5.41, 5.74) is 7.13. The summed E-state index contributed by atoms with van der Waals surface area (Å²) in [6, 6.07) is 2.65. The SMILES string of the molecule is CCn1ncc(Br)c1C(N)c1cc(F)cc(F)c1. The molecule has 0 amide bonds. The second-order valence-corrected chi connectivity index (χ2v) is 4.73. The molecule has 0 saturated carbocycles. The van der Waals surface area contributed by atoms with Crippen LogP contribution < -0.4 is 5.73 Å². The summed E-state index contributed by atoms with van der Waals surface area (Å²) in [5.74, 6) is -1.28. The molecule has 0 saturated heterocycles. The number of hydrogen-bond acceptors (Lipinski definition) is 2. The summed E-state index contributed by atoms with van der Waals surface area (Å²) >= 11 is 3.34. The second-order valence-electron chi connectivity index (χ2n) is 3.87. The molecule has 1 aromatic carbocycles. The third-order valence-corrected chi connectivity index (χ3v) is 3.28. The molecule has 18 heavy (non-hydrogen) atoms. The first-order valence-electron chi connectivity index (χ1n) is 5.45. The minimum absolute atomic E-state index is 0.378. The van der Waals surface area contributed by atoms with Crippen LogP contribution in [0.25, 0.3) is 0 Å². The zero-order valence-corrected chi connectivity index (χ0v) is 11.3. The van der Waals surface area contributed by atoms with E-state index >= 15 is 0 Å². The van der Waals surface area contributed by atoms with Gasteiger partial charge in [-0.25, -0.2) is 8.78 Å². The molecule has 2 aromatic rings. The van der Waals surface area contributed by atoms with E-state index in [1.807, 2.05) is 6.92 Å². The molecule has 0 aliphatic rings. The highest BCUT2D eigenvalue weighted by Crippen LogP contribution is 2.27. The van der Waals surface area contributed by atoms with Crippen LogP contribution in [0.1, 0.15) is 24.2 Å². The summed E-state index contributed by atoms with van der Waals surface area (Å²) in [5, 5.41) is 4.13. The van der Waals surface area contributed by atoms with Gasteiger partial charge in [0.25, 0.3) is 0 Å². The van der Waals surface area contributed by atoms with E-state index in [0.29, 0.717) is 17.8 Å². The van der Waals surface area contributed by atoms with Crippen molar-refractivity contribution in [3.63, 3.8) is 0 Å². The van der Waals surface area contributed by atoms with Gasteiger partial charge < -0.3 is 5.73 Å². The van der Waals surface area contributed by atoms with Crippen LogP contribution in [0.3, 0.4) is 0 Å². The van der Waals surface area contributed by atoms with E-state index in [1.54, 1.807) is 10.9 Å². The highest BCUT2D eigenvalue weighted by Gasteiger charge is 2.19. The van der Waals surface area contributed by atoms with Gasteiger partial charge in [-0.1, -0.05) is 0 Å². The number of hydrogen-bond donors (Lipinski definition) is 1. The first kappa shape index (κ1) is 13.2. The Labute approximate surface area is 112 Å². The largest absolute Gasteiger partial charge is 0.319 e. The number of rotatable bonds is 3. The van der Waals surface area contributed by atoms with E-state index in [0.717, 1.165) is 10.5 Å². The zero-order valence-electron chi connectivity index (χ0n) is 9.70. The topological polar surface area (TPSA) is 43.8 Å². The van der Waals surface area contributed by atoms with Crippen molar-refractivity contribution in [3.8, 4) is 0 Å². The first-order valence-corrected chi connectivity index (χ1v) is 6.25. The van der Waals surface area contributed by atoms with Crippen LogP contribution in [0, 0.1) is 11.6 Å². The quantitative estimate of drug-likeness (QED) is 0.946. The molecule has 1 aromatic heterocycles. The smallest absolute Gasteiger partial charge is 0.126 e. The highest BCUT2D eigenvalue weighted by atomic mass is 79.9. The Kier molecular flexibility index (Phi) is 3.77. The molecular weight excluding hydrogens is 304 g/mol. The van der Waals surface area contributed by atoms with Gasteiger partial charge in [0.05, 0.1) is 22.4 Å². The standard InChI is InChI=1S/C12H12BrF2N3/c1-2-18-12(10(13)6-17-18)11(16)7-3-8(14)5-9(15)4-7/h3-6,11H,2,16H2,1H3. The normalized spacial score (nSPS) is 12.7. The fourth-order valence-corrected chi connectivity index (χ4v) is 2.39. The van der Waals surface area contributed by atoms with Crippen LogP contribution in [-0.4, -0.2) is 9.78 Å². The molecule has 2 rings (SSSR count). The van der Waals surface area contributed by atoms with Crippen molar-refractivity contribution in [2.75, 3.05) is 0 Å². The Morgan fingerprint density at radius 3 is 2.50 bits per heavy atom. The third kappa shape index (κ3) is 2.44. The molecule has 96 valence electrons. The van der Waals surface area contributed by atoms with Gasteiger partial charge in [-0.3, -0.25) is 4.68 Å². The van der Waals surface area contributed by atoms with E-state index < -0.39 is 17.7 Å². The van der Waals surface area contributed by atoms with Crippen LogP contribution >= 0.6 is 15.9 Å². The fourth-order valence-electron chi connectivity index (χ4n) is 1.85. The third-order valence-electron chi connectivity index (χ3n) is 2.67. The fraction of sp³-hybridized carbons (Fsp3) is 0.250. The minimum Gasteiger partial charge on any atom is -0.319 e. The van der Waals surface area contributed by atoms with Crippen molar-refractivity contribution in [3.05, 3.63) is 51.8 Å². The Hall–Kier alpha value is -1.27. The molecule has 0 radical (unpaired) electrons. The molecule has 2 N–H and O–H groups in total. The van der Waals surface area contributed by atoms with Gasteiger partial charge in [0.15, 0.2) is 0 Å². The average Bonchev–Trinajstić information content (AvgIpc) is 2.68. The van der Waals surface area contributed by atoms with Crippen molar-refractivity contribution in [2.45, 2.75) is 19.5 Å². The number of nitrogens with zero attached hydrogens (tertiary/aromatic N) is 2. The first-order chi connectivity index (χ1) is 8.52. The number of halogens is 3. The molecule has 1 heterocycles. The van der Waals surface area contributed by atoms with Gasteiger partial charge in [0, 0.05) is 12.6 Å². The highest BCUT2D eigenvalue weighted by molar-refractivity contribution is 9.10. The van der Waals surface area contributed by atoms with Crippen molar-refractivity contribution in [1.29, 1.82) is 0 Å². The summed E-state index contributed by atoms with van der Waals surface area (Å²) in [6.45, 7) is 2.55. The minimum atomic E-state index is -0.640. The molecule has 3 nitrogen and oxygen atoms in total. The molecule has 0 aliphatic heterocycles. The van der Waals surface area contributed by atoms with E-state index in [2.05, 4.69) is 21.0 Å². The average molecular weight is 316 g/mol. The molecule has 0 spiro atoms. The summed E-state index contributed by atoms with van der Waals surface area (Å²) in [7, 11) is 0. The monoisotopic (exact) mass is 315 g/mol. The molecule has 1 unspecified atom stereocenters. The van der Waals surface area contributed by atoms with E-state index in [9.17, 15) is 8.78 Å². The number of nitrogens with two attached hydrogens (primary N) is 1. The molecule has 1 atom stereocenters. The molecule has 6 heteroatoms. The predicted molar refractivity (Wildman–Crippen MR) is 68.0 cm³/mol. The van der Waals surface area contributed by atoms with Crippen molar-refractivity contribution in [1.82, 2.24) is 9.78 Å². The Morgan fingerprint density at radius 1 is 1.33 bits per heavy atom. The van der Waals surface area contributed by atoms with Gasteiger partial charge in [-0.05, 0) is 40.5 Å². The van der Waals surface area contributed by atoms with Crippen molar-refractivity contribution >= 4 is 15.9 Å². The zero-order chi connectivity index (χ0) is 13.3. The molecular formula is C12H12BrF2N3. The summed E-state index contributed by atoms with van der Waals surface area (Å²) < 4.78 is 28.8. The van der Waals surface area contributed by atoms with Gasteiger partial charge in [0.1, 0.15) is 11.6 Å². The predicted octanol–water partition coefficient (Wildman–Crippen LogP) is 2.99. The van der Waals surface area contributed by atoms with Gasteiger partial charge in [0.2, 0.25) is 0 Å². The lowest BCUT2D eigenvalue weighted by molar-refractivity contribution is 0.568. The van der Waals surface area contributed by atoms with Crippen LogP contribution in [0.4, 0.5) is 8.78 Å². The van der Waals surface area contributed by atoms with Crippen LogP contribution in [0.2, 0.25) is 0 Å². The van der Waals surface area contributed by atoms with Gasteiger partial charge in [-0.15, -0.1) is 0 Å². The van der Waals surface area contributed by atoms with Crippen LogP contribution in [-0.2, 0) is 6.54 Å². The van der Waals surface area contributed by atoms with Crippen molar-refractivity contribution < 1.29 is 8.78 Å². The summed E-state index contributed by atoms with van der Waals surface area (Å²) in [6.07, 6.45) is 1.62.